The fraction of sp³-hybridized carbons (Fsp3) is 0.588. The molecule has 1 aromatic heterocycles. The molecule has 0 spiro atoms. The molecule has 19 nitrogen and oxygen atoms in total. The smallest absolute Gasteiger partial charge is 0.387 e. The van der Waals surface area contributed by atoms with Crippen molar-refractivity contribution < 1.29 is 61.4 Å². The molecule has 0 radical (unpaired) electrons. The minimum absolute atomic E-state index is 0.0644. The number of H-pyrrole nitrogens is 1. The van der Waals surface area contributed by atoms with Gasteiger partial charge in [-0.25, -0.2) is 18.5 Å². The number of ether oxygens (including phenoxy) is 1. The first-order valence-electron chi connectivity index (χ1n) is 11.2. The van der Waals surface area contributed by atoms with Gasteiger partial charge < -0.3 is 40.3 Å². The first-order valence-corrected chi connectivity index (χ1v) is 16.3. The van der Waals surface area contributed by atoms with E-state index >= 15 is 0 Å². The standard InChI is InChI=1S/C17H29N4O15P3S/c18-12(5-1-2-7-40)19-6-3-4-10-8-21(17(25)20-15(10)24)16-14(23)13(22)11(34-16)9-33-38(29,30)36-39(31,32)35-37(26,27)28/h3-4,8,11,13-14,16,22-23,40H,1-2,5-7,9H2,(H2,18,19)(H,29,30)(H,31,32)(H,20,24,25)(H2,26,27,28)/b4-3+. The second-order valence-corrected chi connectivity index (χ2v) is 13.0. The van der Waals surface area contributed by atoms with Crippen molar-refractivity contribution in [2.75, 3.05) is 18.9 Å². The molecule has 0 saturated carbocycles. The molecule has 23 heteroatoms. The molecule has 0 bridgehead atoms. The average Bonchev–Trinajstić information content (AvgIpc) is 3.08. The van der Waals surface area contributed by atoms with Crippen molar-refractivity contribution in [2.45, 2.75) is 43.8 Å². The van der Waals surface area contributed by atoms with Crippen molar-refractivity contribution in [1.82, 2.24) is 9.55 Å². The van der Waals surface area contributed by atoms with Crippen LogP contribution in [-0.2, 0) is 31.6 Å². The number of aliphatic hydroxyl groups is 2. The molecule has 0 aromatic carbocycles. The molecule has 1 aliphatic heterocycles. The van der Waals surface area contributed by atoms with Gasteiger partial charge >= 0.3 is 29.2 Å². The van der Waals surface area contributed by atoms with Crippen LogP contribution in [0.4, 0.5) is 0 Å². The quantitative estimate of drug-likeness (QED) is 0.0359. The van der Waals surface area contributed by atoms with Crippen LogP contribution in [0.15, 0.2) is 26.9 Å². The van der Waals surface area contributed by atoms with Crippen LogP contribution in [0.2, 0.25) is 0 Å². The van der Waals surface area contributed by atoms with Gasteiger partial charge in [0, 0.05) is 12.6 Å². The zero-order valence-electron chi connectivity index (χ0n) is 20.4. The average molecular weight is 654 g/mol. The molecule has 6 atom stereocenters. The Kier molecular flexibility index (Phi) is 12.7. The molecule has 9 N–H and O–H groups in total. The number of rotatable bonds is 15. The van der Waals surface area contributed by atoms with Gasteiger partial charge in [-0.15, -0.1) is 0 Å². The number of aliphatic imine (C=N–C) groups is 1. The molecular weight excluding hydrogens is 625 g/mol. The number of nitrogens with two attached hydrogens (primary N) is 1. The van der Waals surface area contributed by atoms with Gasteiger partial charge in [-0.05, 0) is 18.6 Å². The van der Waals surface area contributed by atoms with Crippen LogP contribution in [0.5, 0.6) is 0 Å². The van der Waals surface area contributed by atoms with Gasteiger partial charge in [0.2, 0.25) is 0 Å². The second kappa shape index (κ2) is 14.6. The molecule has 1 saturated heterocycles. The van der Waals surface area contributed by atoms with Crippen LogP contribution in [0, 0.1) is 0 Å². The van der Waals surface area contributed by atoms with Crippen molar-refractivity contribution in [3.63, 3.8) is 0 Å². The van der Waals surface area contributed by atoms with E-state index in [1.807, 2.05) is 4.98 Å². The summed E-state index contributed by atoms with van der Waals surface area (Å²) >= 11 is 4.10. The fourth-order valence-corrected chi connectivity index (χ4v) is 6.48. The Hall–Kier alpha value is -1.47. The number of amidine groups is 1. The van der Waals surface area contributed by atoms with Gasteiger partial charge in [0.05, 0.1) is 24.6 Å². The van der Waals surface area contributed by atoms with E-state index in [9.17, 15) is 43.3 Å². The summed E-state index contributed by atoms with van der Waals surface area (Å²) in [6, 6.07) is 0. The van der Waals surface area contributed by atoms with E-state index in [0.29, 0.717) is 12.3 Å². The monoisotopic (exact) mass is 654 g/mol. The van der Waals surface area contributed by atoms with Crippen LogP contribution in [0.3, 0.4) is 0 Å². The normalized spacial score (nSPS) is 25.2. The number of phosphoric ester groups is 1. The lowest BCUT2D eigenvalue weighted by Crippen LogP contribution is -2.38. The van der Waals surface area contributed by atoms with Crippen LogP contribution in [-0.4, -0.2) is 82.4 Å². The van der Waals surface area contributed by atoms with E-state index in [-0.39, 0.29) is 12.1 Å². The van der Waals surface area contributed by atoms with Gasteiger partial charge in [-0.3, -0.25) is 23.9 Å². The molecule has 1 fully saturated rings. The summed E-state index contributed by atoms with van der Waals surface area (Å²) in [6.45, 7) is -0.966. The Labute approximate surface area is 231 Å². The van der Waals surface area contributed by atoms with Gasteiger partial charge in [0.25, 0.3) is 5.56 Å². The minimum atomic E-state index is -5.78. The van der Waals surface area contributed by atoms with E-state index in [1.54, 1.807) is 0 Å². The van der Waals surface area contributed by atoms with Crippen molar-refractivity contribution in [1.29, 1.82) is 0 Å². The van der Waals surface area contributed by atoms with E-state index in [4.69, 9.17) is 20.3 Å². The number of aromatic nitrogens is 2. The Morgan fingerprint density at radius 3 is 2.42 bits per heavy atom. The van der Waals surface area contributed by atoms with E-state index in [1.165, 1.54) is 12.2 Å². The second-order valence-electron chi connectivity index (χ2n) is 8.10. The third kappa shape index (κ3) is 11.1. The molecule has 0 amide bonds. The molecule has 40 heavy (non-hydrogen) atoms. The SMILES string of the molecule is NC(CCCCS)=NC/C=C/c1cn(C2OC(COP(=O)(O)OP(=O)(O)OP(=O)(O)O)C(O)C2O)c(=O)[nH]c1=O. The van der Waals surface area contributed by atoms with Crippen LogP contribution in [0.1, 0.15) is 31.1 Å². The maximum Gasteiger partial charge on any atom is 0.490 e. The molecule has 1 aromatic rings. The van der Waals surface area contributed by atoms with Crippen molar-refractivity contribution in [3.8, 4) is 0 Å². The summed E-state index contributed by atoms with van der Waals surface area (Å²) in [5.41, 5.74) is 3.89. The van der Waals surface area contributed by atoms with Crippen LogP contribution >= 0.6 is 36.1 Å². The zero-order valence-corrected chi connectivity index (χ0v) is 24.0. The maximum absolute atomic E-state index is 12.4. The highest BCUT2D eigenvalue weighted by Gasteiger charge is 2.46. The number of unbranched alkanes of at least 4 members (excludes halogenated alkanes) is 1. The summed E-state index contributed by atoms with van der Waals surface area (Å²) < 4.78 is 51.6. The number of aromatic amines is 1. The van der Waals surface area contributed by atoms with Gasteiger partial charge in [-0.2, -0.15) is 21.3 Å². The molecular formula is C17H29N4O15P3S. The fourth-order valence-electron chi connectivity index (χ4n) is 3.22. The molecule has 6 unspecified atom stereocenters. The predicted molar refractivity (Wildman–Crippen MR) is 140 cm³/mol. The summed E-state index contributed by atoms with van der Waals surface area (Å²) in [6.07, 6.45) is -0.887. The minimum Gasteiger partial charge on any atom is -0.387 e. The Balaban J connectivity index is 2.11. The summed E-state index contributed by atoms with van der Waals surface area (Å²) in [7, 11) is -16.9. The van der Waals surface area contributed by atoms with E-state index < -0.39 is 65.9 Å². The third-order valence-corrected chi connectivity index (χ3v) is 9.08. The number of phosphoric acid groups is 3. The molecule has 1 aliphatic rings. The van der Waals surface area contributed by atoms with Crippen LogP contribution < -0.4 is 17.0 Å². The first kappa shape index (κ1) is 34.7. The van der Waals surface area contributed by atoms with Crippen molar-refractivity contribution >= 4 is 48.0 Å². The zero-order chi connectivity index (χ0) is 30.3. The lowest BCUT2D eigenvalue weighted by Gasteiger charge is -2.19. The highest BCUT2D eigenvalue weighted by Crippen LogP contribution is 2.66. The molecule has 2 heterocycles. The Morgan fingerprint density at radius 2 is 1.80 bits per heavy atom. The van der Waals surface area contributed by atoms with Gasteiger partial charge in [0.15, 0.2) is 6.23 Å². The lowest BCUT2D eigenvalue weighted by atomic mass is 10.1. The van der Waals surface area contributed by atoms with Gasteiger partial charge in [-0.1, -0.05) is 12.2 Å². The van der Waals surface area contributed by atoms with E-state index in [2.05, 4.69) is 30.8 Å². The highest BCUT2D eigenvalue weighted by molar-refractivity contribution is 7.80. The summed E-state index contributed by atoms with van der Waals surface area (Å²) in [5, 5.41) is 20.6. The lowest BCUT2D eigenvalue weighted by molar-refractivity contribution is -0.0542. The number of hydrogen-bond acceptors (Lipinski definition) is 13. The van der Waals surface area contributed by atoms with Crippen molar-refractivity contribution in [3.05, 3.63) is 38.7 Å². The molecule has 2 rings (SSSR count). The number of hydrogen-bond donors (Lipinski definition) is 9. The predicted octanol–water partition coefficient (Wildman–Crippen LogP) is -1.03. The maximum atomic E-state index is 12.4. The van der Waals surface area contributed by atoms with E-state index in [0.717, 1.165) is 29.4 Å². The highest BCUT2D eigenvalue weighted by atomic mass is 32.1. The summed E-state index contributed by atoms with van der Waals surface area (Å²) in [5.74, 6) is 1.13. The number of nitrogens with zero attached hydrogens (tertiary/aromatic N) is 2. The first-order chi connectivity index (χ1) is 18.4. The summed E-state index contributed by atoms with van der Waals surface area (Å²) in [4.78, 5) is 66.5. The van der Waals surface area contributed by atoms with Crippen LogP contribution in [0.25, 0.3) is 6.08 Å². The Morgan fingerprint density at radius 1 is 1.12 bits per heavy atom. The molecule has 0 aliphatic carbocycles. The largest absolute Gasteiger partial charge is 0.490 e. The number of nitrogens with one attached hydrogen (secondary N) is 1. The topological polar surface area (TPSA) is 303 Å². The van der Waals surface area contributed by atoms with Crippen molar-refractivity contribution in [2.24, 2.45) is 10.7 Å². The Bertz CT molecular complexity index is 1340. The molecule has 228 valence electrons. The third-order valence-electron chi connectivity index (χ3n) is 4.96. The number of aliphatic hydroxyl groups excluding tert-OH is 2. The van der Waals surface area contributed by atoms with Gasteiger partial charge in [0.1, 0.15) is 18.3 Å². The number of thiol groups is 1.